The number of carbonyl (C=O) groups is 2. The van der Waals surface area contributed by atoms with Crippen molar-refractivity contribution >= 4 is 32.2 Å². The number of hydrogen-bond acceptors (Lipinski definition) is 11. The highest BCUT2D eigenvalue weighted by Crippen LogP contribution is 2.04. The Kier molecular flexibility index (Phi) is 13.6. The average molecular weight is 446 g/mol. The molecule has 0 aliphatic carbocycles. The Morgan fingerprint density at radius 3 is 1.86 bits per heavy atom. The fourth-order valence-electron chi connectivity index (χ4n) is 1.30. The first-order chi connectivity index (χ1) is 12.7. The zero-order chi connectivity index (χ0) is 22.5. The predicted octanol–water partition coefficient (Wildman–Crippen LogP) is -0.475. The molecule has 0 aromatic carbocycles. The number of hydrogen-bond donors (Lipinski definition) is 1. The van der Waals surface area contributed by atoms with Crippen LogP contribution in [0.5, 0.6) is 0 Å². The lowest BCUT2D eigenvalue weighted by atomic mass is 10.2. The van der Waals surface area contributed by atoms with Crippen LogP contribution in [0, 0.1) is 0 Å². The minimum absolute atomic E-state index is 0.0938. The summed E-state index contributed by atoms with van der Waals surface area (Å²) in [5.74, 6) is -2.38. The molecule has 0 aliphatic heterocycles. The zero-order valence-corrected chi connectivity index (χ0v) is 17.8. The van der Waals surface area contributed by atoms with E-state index in [2.05, 4.69) is 31.0 Å². The Morgan fingerprint density at radius 2 is 1.50 bits per heavy atom. The van der Waals surface area contributed by atoms with Crippen LogP contribution in [0.25, 0.3) is 0 Å². The number of aliphatic hydroxyl groups is 1. The second-order valence-corrected chi connectivity index (χ2v) is 8.84. The lowest BCUT2D eigenvalue weighted by Gasteiger charge is -2.11. The van der Waals surface area contributed by atoms with E-state index in [1.165, 1.54) is 0 Å². The highest BCUT2D eigenvalue weighted by Gasteiger charge is 2.20. The van der Waals surface area contributed by atoms with Gasteiger partial charge in [-0.2, -0.15) is 16.8 Å². The summed E-state index contributed by atoms with van der Waals surface area (Å²) in [6.45, 7) is 7.82. The van der Waals surface area contributed by atoms with Gasteiger partial charge < -0.3 is 14.6 Å². The van der Waals surface area contributed by atoms with Gasteiger partial charge in [0.05, 0.1) is 33.5 Å². The standard InChI is InChI=1S/C10H16O8S.C5H10O3S/c1-7(4-9(12)16-2)10(13)18-5-8(11)6-19(14,15)17-3;1-5(2)4-9(6,7)8-3/h8,11H,1,4-6H2,2-3H3;1,4H2,2-3H3. The largest absolute Gasteiger partial charge is 0.469 e. The molecule has 13 heteroatoms. The molecule has 1 atom stereocenters. The molecule has 0 aliphatic rings. The molecule has 0 rings (SSSR count). The zero-order valence-electron chi connectivity index (χ0n) is 16.2. The maximum absolute atomic E-state index is 11.3. The minimum Gasteiger partial charge on any atom is -0.469 e. The third-order valence-corrected chi connectivity index (χ3v) is 5.26. The molecule has 0 amide bonds. The molecule has 1 unspecified atom stereocenters. The summed E-state index contributed by atoms with van der Waals surface area (Å²) in [6.07, 6.45) is -1.78. The van der Waals surface area contributed by atoms with Crippen LogP contribution in [0.3, 0.4) is 0 Å². The van der Waals surface area contributed by atoms with Crippen LogP contribution >= 0.6 is 0 Å². The van der Waals surface area contributed by atoms with Crippen LogP contribution < -0.4 is 0 Å². The number of methoxy groups -OCH3 is 1. The van der Waals surface area contributed by atoms with Crippen molar-refractivity contribution in [3.05, 3.63) is 24.3 Å². The minimum atomic E-state index is -3.85. The lowest BCUT2D eigenvalue weighted by molar-refractivity contribution is -0.145. The first-order valence-electron chi connectivity index (χ1n) is 7.50. The third-order valence-electron chi connectivity index (χ3n) is 2.61. The van der Waals surface area contributed by atoms with Gasteiger partial charge in [0.15, 0.2) is 0 Å². The van der Waals surface area contributed by atoms with E-state index in [4.69, 9.17) is 0 Å². The summed E-state index contributed by atoms with van der Waals surface area (Å²) in [5.41, 5.74) is 0.422. The molecule has 0 aromatic rings. The molecular formula is C15H26O11S2. The lowest BCUT2D eigenvalue weighted by Crippen LogP contribution is -2.28. The van der Waals surface area contributed by atoms with Crippen LogP contribution in [-0.4, -0.2) is 79.4 Å². The molecule has 0 radical (unpaired) electrons. The van der Waals surface area contributed by atoms with Crippen molar-refractivity contribution in [3.63, 3.8) is 0 Å². The Labute approximate surface area is 165 Å². The van der Waals surface area contributed by atoms with Gasteiger partial charge in [-0.1, -0.05) is 18.7 Å². The van der Waals surface area contributed by atoms with Crippen molar-refractivity contribution in [3.8, 4) is 0 Å². The van der Waals surface area contributed by atoms with Gasteiger partial charge in [0, 0.05) is 5.57 Å². The summed E-state index contributed by atoms with van der Waals surface area (Å²) < 4.78 is 60.2. The Balaban J connectivity index is 0. The second kappa shape index (κ2) is 13.4. The van der Waals surface area contributed by atoms with Crippen LogP contribution in [0.1, 0.15) is 13.3 Å². The van der Waals surface area contributed by atoms with E-state index in [0.717, 1.165) is 21.3 Å². The molecule has 11 nitrogen and oxygen atoms in total. The predicted molar refractivity (Wildman–Crippen MR) is 99.1 cm³/mol. The highest BCUT2D eigenvalue weighted by atomic mass is 32.2. The maximum atomic E-state index is 11.3. The molecular weight excluding hydrogens is 420 g/mol. The fraction of sp³-hybridized carbons (Fsp3) is 0.600. The topological polar surface area (TPSA) is 160 Å². The summed E-state index contributed by atoms with van der Waals surface area (Å²) >= 11 is 0. The normalized spacial score (nSPS) is 12.2. The molecule has 1 N–H and O–H groups in total. The first kappa shape index (κ1) is 28.4. The third kappa shape index (κ3) is 15.3. The van der Waals surface area contributed by atoms with Crippen LogP contribution in [0.15, 0.2) is 24.3 Å². The SMILES string of the molecule is C=C(C)CS(=O)(=O)OC.C=C(CC(=O)OC)C(=O)OCC(O)CS(=O)(=O)OC. The molecule has 164 valence electrons. The van der Waals surface area contributed by atoms with Gasteiger partial charge in [-0.25, -0.2) is 4.79 Å². The van der Waals surface area contributed by atoms with E-state index < -0.39 is 50.6 Å². The van der Waals surface area contributed by atoms with Crippen LogP contribution in [0.2, 0.25) is 0 Å². The Bertz CT molecular complexity index is 751. The van der Waals surface area contributed by atoms with Crippen molar-refractivity contribution in [2.24, 2.45) is 0 Å². The Hall–Kier alpha value is -1.80. The molecule has 0 spiro atoms. The smallest absolute Gasteiger partial charge is 0.334 e. The second-order valence-electron chi connectivity index (χ2n) is 5.33. The van der Waals surface area contributed by atoms with Crippen LogP contribution in [-0.2, 0) is 47.7 Å². The van der Waals surface area contributed by atoms with E-state index >= 15 is 0 Å². The highest BCUT2D eigenvalue weighted by molar-refractivity contribution is 7.87. The average Bonchev–Trinajstić information content (AvgIpc) is 2.58. The van der Waals surface area contributed by atoms with E-state index in [-0.39, 0.29) is 17.7 Å². The van der Waals surface area contributed by atoms with Gasteiger partial charge in [0.25, 0.3) is 20.2 Å². The quantitative estimate of drug-likeness (QED) is 0.189. The van der Waals surface area contributed by atoms with Gasteiger partial charge in [-0.05, 0) is 6.92 Å². The Morgan fingerprint density at radius 1 is 1.00 bits per heavy atom. The van der Waals surface area contributed by atoms with Crippen molar-refractivity contribution in [2.45, 2.75) is 19.4 Å². The van der Waals surface area contributed by atoms with E-state index in [1.807, 2.05) is 0 Å². The monoisotopic (exact) mass is 446 g/mol. The van der Waals surface area contributed by atoms with Crippen molar-refractivity contribution in [1.82, 2.24) is 0 Å². The van der Waals surface area contributed by atoms with Gasteiger partial charge >= 0.3 is 11.9 Å². The van der Waals surface area contributed by atoms with Gasteiger partial charge in [0.1, 0.15) is 18.5 Å². The van der Waals surface area contributed by atoms with E-state index in [0.29, 0.717) is 5.57 Å². The number of ether oxygens (including phenoxy) is 2. The van der Waals surface area contributed by atoms with Gasteiger partial charge in [-0.15, -0.1) is 0 Å². The maximum Gasteiger partial charge on any atom is 0.334 e. The summed E-state index contributed by atoms with van der Waals surface area (Å²) in [7, 11) is -3.93. The number of rotatable bonds is 11. The van der Waals surface area contributed by atoms with E-state index in [9.17, 15) is 31.5 Å². The first-order valence-corrected chi connectivity index (χ1v) is 10.7. The molecule has 0 aromatic heterocycles. The number of esters is 2. The van der Waals surface area contributed by atoms with Crippen molar-refractivity contribution in [1.29, 1.82) is 0 Å². The van der Waals surface area contributed by atoms with Gasteiger partial charge in [0.2, 0.25) is 0 Å². The fourth-order valence-corrected chi connectivity index (χ4v) is 2.73. The van der Waals surface area contributed by atoms with Crippen LogP contribution in [0.4, 0.5) is 0 Å². The summed E-state index contributed by atoms with van der Waals surface area (Å²) in [5, 5.41) is 9.32. The molecule has 28 heavy (non-hydrogen) atoms. The molecule has 0 fully saturated rings. The summed E-state index contributed by atoms with van der Waals surface area (Å²) in [6, 6.07) is 0. The number of aliphatic hydroxyl groups excluding tert-OH is 1. The summed E-state index contributed by atoms with van der Waals surface area (Å²) in [4.78, 5) is 22.2. The number of carbonyl (C=O) groups excluding carboxylic acids is 2. The molecule has 0 heterocycles. The molecule has 0 saturated heterocycles. The van der Waals surface area contributed by atoms with E-state index in [1.54, 1.807) is 6.92 Å². The van der Waals surface area contributed by atoms with Crippen molar-refractivity contribution in [2.75, 3.05) is 39.4 Å². The molecule has 0 bridgehead atoms. The van der Waals surface area contributed by atoms with Gasteiger partial charge in [-0.3, -0.25) is 13.2 Å². The molecule has 0 saturated carbocycles. The van der Waals surface area contributed by atoms with Crippen molar-refractivity contribution < 1.29 is 49.4 Å².